The van der Waals surface area contributed by atoms with Gasteiger partial charge in [-0.05, 0) is 24.6 Å². The lowest BCUT2D eigenvalue weighted by Crippen LogP contribution is -2.24. The first kappa shape index (κ1) is 14.8. The van der Waals surface area contributed by atoms with Crippen LogP contribution < -0.4 is 5.32 Å². The lowest BCUT2D eigenvalue weighted by atomic mass is 10.1. The molecule has 0 bridgehead atoms. The van der Waals surface area contributed by atoms with Gasteiger partial charge >= 0.3 is 6.18 Å². The van der Waals surface area contributed by atoms with Gasteiger partial charge in [0.15, 0.2) is 11.5 Å². The summed E-state index contributed by atoms with van der Waals surface area (Å²) in [6, 6.07) is 2.60. The van der Waals surface area contributed by atoms with Crippen molar-refractivity contribution in [3.05, 3.63) is 29.2 Å². The third-order valence-electron chi connectivity index (χ3n) is 2.73. The number of nitrogens with one attached hydrogen (secondary N) is 1. The molecule has 0 spiro atoms. The van der Waals surface area contributed by atoms with Gasteiger partial charge in [0.1, 0.15) is 11.1 Å². The van der Waals surface area contributed by atoms with E-state index < -0.39 is 17.8 Å². The normalized spacial score (nSPS) is 13.9. The van der Waals surface area contributed by atoms with Crippen molar-refractivity contribution in [2.45, 2.75) is 32.7 Å². The van der Waals surface area contributed by atoms with Crippen molar-refractivity contribution in [3.63, 3.8) is 0 Å². The van der Waals surface area contributed by atoms with Crippen molar-refractivity contribution in [1.82, 2.24) is 10.3 Å². The van der Waals surface area contributed by atoms with Gasteiger partial charge < -0.3 is 14.8 Å². The fraction of sp³-hybridized carbons (Fsp3) is 0.462. The predicted octanol–water partition coefficient (Wildman–Crippen LogP) is 2.63. The van der Waals surface area contributed by atoms with Crippen molar-refractivity contribution >= 4 is 11.1 Å². The highest BCUT2D eigenvalue weighted by atomic mass is 19.4. The first-order valence-electron chi connectivity index (χ1n) is 6.13. The molecule has 1 atom stereocenters. The first-order valence-corrected chi connectivity index (χ1v) is 6.13. The van der Waals surface area contributed by atoms with Crippen LogP contribution in [0.3, 0.4) is 0 Å². The standard InChI is InChI=1S/C13H15F3N2O2/c1-7(19)5-17-6-9-3-10(13(14,15)16)12-11(4-9)18-8(2)20-12/h3-4,7,17,19H,5-6H2,1-2H3. The second-order valence-electron chi connectivity index (χ2n) is 4.70. The Morgan fingerprint density at radius 2 is 2.10 bits per heavy atom. The summed E-state index contributed by atoms with van der Waals surface area (Å²) in [7, 11) is 0. The van der Waals surface area contributed by atoms with Gasteiger partial charge in [-0.15, -0.1) is 0 Å². The molecule has 1 heterocycles. The van der Waals surface area contributed by atoms with Crippen LogP contribution in [0.15, 0.2) is 16.5 Å². The van der Waals surface area contributed by atoms with E-state index in [2.05, 4.69) is 10.3 Å². The summed E-state index contributed by atoms with van der Waals surface area (Å²) in [4.78, 5) is 3.95. The van der Waals surface area contributed by atoms with Crippen LogP contribution in [0.4, 0.5) is 13.2 Å². The molecule has 0 amide bonds. The highest BCUT2D eigenvalue weighted by Crippen LogP contribution is 2.36. The minimum absolute atomic E-state index is 0.186. The van der Waals surface area contributed by atoms with Gasteiger partial charge in [-0.2, -0.15) is 13.2 Å². The second kappa shape index (κ2) is 5.41. The molecule has 20 heavy (non-hydrogen) atoms. The van der Waals surface area contributed by atoms with Gasteiger partial charge in [-0.1, -0.05) is 0 Å². The number of aliphatic hydroxyl groups excluding tert-OH is 1. The van der Waals surface area contributed by atoms with Crippen LogP contribution in [-0.2, 0) is 12.7 Å². The molecular weight excluding hydrogens is 273 g/mol. The molecule has 0 aliphatic carbocycles. The summed E-state index contributed by atoms with van der Waals surface area (Å²) in [6.45, 7) is 3.62. The van der Waals surface area contributed by atoms with Gasteiger partial charge in [-0.3, -0.25) is 0 Å². The van der Waals surface area contributed by atoms with Crippen molar-refractivity contribution in [2.75, 3.05) is 6.54 Å². The fourth-order valence-electron chi connectivity index (χ4n) is 1.94. The Hall–Kier alpha value is -1.60. The largest absolute Gasteiger partial charge is 0.440 e. The van der Waals surface area contributed by atoms with Crippen molar-refractivity contribution in [3.8, 4) is 0 Å². The lowest BCUT2D eigenvalue weighted by Gasteiger charge is -2.11. The number of aryl methyl sites for hydroxylation is 1. The molecule has 1 unspecified atom stereocenters. The quantitative estimate of drug-likeness (QED) is 0.908. The van der Waals surface area contributed by atoms with Crippen LogP contribution in [-0.4, -0.2) is 22.7 Å². The Balaban J connectivity index is 2.37. The third-order valence-corrected chi connectivity index (χ3v) is 2.73. The van der Waals surface area contributed by atoms with Crippen LogP contribution >= 0.6 is 0 Å². The SMILES string of the molecule is Cc1nc2cc(CNCC(C)O)cc(C(F)(F)F)c2o1. The molecule has 2 rings (SSSR count). The average molecular weight is 288 g/mol. The minimum Gasteiger partial charge on any atom is -0.440 e. The number of nitrogens with zero attached hydrogens (tertiary/aromatic N) is 1. The maximum atomic E-state index is 13.0. The molecule has 0 aliphatic heterocycles. The summed E-state index contributed by atoms with van der Waals surface area (Å²) in [5, 5.41) is 12.0. The van der Waals surface area contributed by atoms with Gasteiger partial charge in [0, 0.05) is 20.0 Å². The lowest BCUT2D eigenvalue weighted by molar-refractivity contribution is -0.136. The third kappa shape index (κ3) is 3.29. The molecular formula is C13H15F3N2O2. The molecule has 1 aromatic carbocycles. The van der Waals surface area contributed by atoms with Crippen molar-refractivity contribution < 1.29 is 22.7 Å². The number of alkyl halides is 3. The Bertz CT molecular complexity index is 605. The molecule has 0 radical (unpaired) electrons. The summed E-state index contributed by atoms with van der Waals surface area (Å²) < 4.78 is 44.1. The Labute approximate surface area is 113 Å². The molecule has 2 N–H and O–H groups in total. The number of benzene rings is 1. The number of fused-ring (bicyclic) bond motifs is 1. The smallest absolute Gasteiger partial charge is 0.420 e. The topological polar surface area (TPSA) is 58.3 Å². The molecule has 7 heteroatoms. The van der Waals surface area contributed by atoms with E-state index in [1.54, 1.807) is 13.0 Å². The predicted molar refractivity (Wildman–Crippen MR) is 67.1 cm³/mol. The molecule has 2 aromatic rings. The van der Waals surface area contributed by atoms with E-state index in [4.69, 9.17) is 9.52 Å². The van der Waals surface area contributed by atoms with E-state index in [1.807, 2.05) is 0 Å². The highest BCUT2D eigenvalue weighted by molar-refractivity contribution is 5.78. The Kier molecular flexibility index (Phi) is 4.01. The van der Waals surface area contributed by atoms with E-state index >= 15 is 0 Å². The van der Waals surface area contributed by atoms with E-state index in [1.165, 1.54) is 6.92 Å². The number of hydrogen-bond donors (Lipinski definition) is 2. The maximum Gasteiger partial charge on any atom is 0.420 e. The Morgan fingerprint density at radius 3 is 2.70 bits per heavy atom. The number of rotatable bonds is 4. The van der Waals surface area contributed by atoms with Crippen LogP contribution in [0.1, 0.15) is 23.9 Å². The van der Waals surface area contributed by atoms with Gasteiger partial charge in [-0.25, -0.2) is 4.98 Å². The van der Waals surface area contributed by atoms with Crippen LogP contribution in [0.25, 0.3) is 11.1 Å². The molecule has 0 fully saturated rings. The molecule has 0 aliphatic rings. The first-order chi connectivity index (χ1) is 9.27. The van der Waals surface area contributed by atoms with Gasteiger partial charge in [0.05, 0.1) is 6.10 Å². The van der Waals surface area contributed by atoms with E-state index in [0.29, 0.717) is 12.1 Å². The fourth-order valence-corrected chi connectivity index (χ4v) is 1.94. The van der Waals surface area contributed by atoms with Crippen molar-refractivity contribution in [2.24, 2.45) is 0 Å². The molecule has 1 aromatic heterocycles. The highest BCUT2D eigenvalue weighted by Gasteiger charge is 2.35. The van der Waals surface area contributed by atoms with Gasteiger partial charge in [0.2, 0.25) is 0 Å². The maximum absolute atomic E-state index is 13.0. The number of aromatic nitrogens is 1. The average Bonchev–Trinajstić information content (AvgIpc) is 2.66. The molecule has 110 valence electrons. The van der Waals surface area contributed by atoms with Crippen LogP contribution in [0.2, 0.25) is 0 Å². The molecule has 0 saturated carbocycles. The van der Waals surface area contributed by atoms with E-state index in [-0.39, 0.29) is 23.5 Å². The number of aliphatic hydroxyl groups is 1. The van der Waals surface area contributed by atoms with Crippen LogP contribution in [0.5, 0.6) is 0 Å². The summed E-state index contributed by atoms with van der Waals surface area (Å²) in [5.74, 6) is 0.194. The van der Waals surface area contributed by atoms with Crippen molar-refractivity contribution in [1.29, 1.82) is 0 Å². The number of halogens is 3. The number of hydrogen-bond acceptors (Lipinski definition) is 4. The zero-order chi connectivity index (χ0) is 14.9. The summed E-state index contributed by atoms with van der Waals surface area (Å²) in [6.07, 6.45) is -5.06. The number of oxazole rings is 1. The van der Waals surface area contributed by atoms with Crippen LogP contribution in [0, 0.1) is 6.92 Å². The zero-order valence-corrected chi connectivity index (χ0v) is 11.1. The molecule has 4 nitrogen and oxygen atoms in total. The van der Waals surface area contributed by atoms with E-state index in [9.17, 15) is 13.2 Å². The van der Waals surface area contributed by atoms with Gasteiger partial charge in [0.25, 0.3) is 0 Å². The second-order valence-corrected chi connectivity index (χ2v) is 4.70. The molecule has 0 saturated heterocycles. The zero-order valence-electron chi connectivity index (χ0n) is 11.1. The monoisotopic (exact) mass is 288 g/mol. The Morgan fingerprint density at radius 1 is 1.40 bits per heavy atom. The summed E-state index contributed by atoms with van der Waals surface area (Å²) in [5.41, 5.74) is -0.441. The van der Waals surface area contributed by atoms with E-state index in [0.717, 1.165) is 6.07 Å². The summed E-state index contributed by atoms with van der Waals surface area (Å²) >= 11 is 0. The minimum atomic E-state index is -4.50.